The van der Waals surface area contributed by atoms with E-state index in [9.17, 15) is 0 Å². The van der Waals surface area contributed by atoms with Crippen molar-refractivity contribution in [2.75, 3.05) is 7.11 Å². The van der Waals surface area contributed by atoms with Gasteiger partial charge in [-0.25, -0.2) is 4.98 Å². The minimum absolute atomic E-state index is 0.532. The van der Waals surface area contributed by atoms with Gasteiger partial charge in [0.2, 0.25) is 0 Å². The Morgan fingerprint density at radius 3 is 2.71 bits per heavy atom. The number of nitrogens with zero attached hydrogens (tertiary/aromatic N) is 2. The average molecular weight is 281 g/mol. The number of methoxy groups -OCH3 is 1. The van der Waals surface area contributed by atoms with Crippen LogP contribution in [0.5, 0.6) is 5.75 Å². The van der Waals surface area contributed by atoms with E-state index in [-0.39, 0.29) is 0 Å². The first-order chi connectivity index (χ1) is 10.1. The van der Waals surface area contributed by atoms with Crippen molar-refractivity contribution in [2.24, 2.45) is 12.8 Å². The van der Waals surface area contributed by atoms with Crippen LogP contribution in [-0.2, 0) is 13.6 Å². The van der Waals surface area contributed by atoms with Gasteiger partial charge in [0, 0.05) is 13.6 Å². The van der Waals surface area contributed by atoms with Crippen LogP contribution in [0.4, 0.5) is 0 Å². The summed E-state index contributed by atoms with van der Waals surface area (Å²) in [6.07, 6.45) is 0. The van der Waals surface area contributed by atoms with Crippen molar-refractivity contribution in [3.63, 3.8) is 0 Å². The van der Waals surface area contributed by atoms with Gasteiger partial charge in [0.15, 0.2) is 0 Å². The predicted molar refractivity (Wildman–Crippen MR) is 85.3 cm³/mol. The van der Waals surface area contributed by atoms with Crippen LogP contribution in [0, 0.1) is 6.92 Å². The van der Waals surface area contributed by atoms with E-state index >= 15 is 0 Å². The summed E-state index contributed by atoms with van der Waals surface area (Å²) in [5.41, 5.74) is 11.1. The molecule has 0 radical (unpaired) electrons. The van der Waals surface area contributed by atoms with Crippen molar-refractivity contribution < 1.29 is 4.74 Å². The smallest absolute Gasteiger partial charge is 0.144 e. The Hall–Kier alpha value is -2.33. The van der Waals surface area contributed by atoms with Crippen molar-refractivity contribution in [3.05, 3.63) is 47.5 Å². The van der Waals surface area contributed by atoms with Gasteiger partial charge in [-0.2, -0.15) is 0 Å². The Labute approximate surface area is 124 Å². The molecule has 4 heteroatoms. The Kier molecular flexibility index (Phi) is 3.39. The maximum atomic E-state index is 5.72. The number of hydrogen-bond acceptors (Lipinski definition) is 3. The first-order valence-electron chi connectivity index (χ1n) is 6.94. The summed E-state index contributed by atoms with van der Waals surface area (Å²) in [6, 6.07) is 12.3. The zero-order chi connectivity index (χ0) is 15.0. The Morgan fingerprint density at radius 1 is 1.19 bits per heavy atom. The van der Waals surface area contributed by atoms with E-state index in [1.54, 1.807) is 7.11 Å². The van der Waals surface area contributed by atoms with Crippen molar-refractivity contribution >= 4 is 11.0 Å². The lowest BCUT2D eigenvalue weighted by atomic mass is 10.1. The van der Waals surface area contributed by atoms with Crippen molar-refractivity contribution in [2.45, 2.75) is 13.5 Å². The van der Waals surface area contributed by atoms with Crippen LogP contribution < -0.4 is 10.5 Å². The van der Waals surface area contributed by atoms with Crippen LogP contribution in [0.1, 0.15) is 11.1 Å². The first kappa shape index (κ1) is 13.6. The molecule has 1 aromatic heterocycles. The molecule has 2 aromatic carbocycles. The van der Waals surface area contributed by atoms with E-state index in [2.05, 4.69) is 23.6 Å². The quantitative estimate of drug-likeness (QED) is 0.803. The molecule has 4 nitrogen and oxygen atoms in total. The third kappa shape index (κ3) is 2.28. The van der Waals surface area contributed by atoms with Crippen LogP contribution >= 0.6 is 0 Å². The van der Waals surface area contributed by atoms with E-state index in [4.69, 9.17) is 15.5 Å². The van der Waals surface area contributed by atoms with Gasteiger partial charge in [-0.05, 0) is 36.8 Å². The lowest BCUT2D eigenvalue weighted by Gasteiger charge is -2.09. The number of rotatable bonds is 3. The third-order valence-corrected chi connectivity index (χ3v) is 3.78. The average Bonchev–Trinajstić information content (AvgIpc) is 2.83. The van der Waals surface area contributed by atoms with Crippen molar-refractivity contribution in [1.29, 1.82) is 0 Å². The lowest BCUT2D eigenvalue weighted by molar-refractivity contribution is 0.416. The number of fused-ring (bicyclic) bond motifs is 1. The summed E-state index contributed by atoms with van der Waals surface area (Å²) in [5, 5.41) is 0. The highest BCUT2D eigenvalue weighted by molar-refractivity contribution is 5.82. The number of imidazole rings is 1. The number of aromatic nitrogens is 2. The van der Waals surface area contributed by atoms with Gasteiger partial charge in [0.25, 0.3) is 0 Å². The molecule has 0 amide bonds. The van der Waals surface area contributed by atoms with Gasteiger partial charge >= 0.3 is 0 Å². The van der Waals surface area contributed by atoms with E-state index in [1.165, 1.54) is 5.56 Å². The molecule has 1 heterocycles. The molecule has 0 aliphatic carbocycles. The summed E-state index contributed by atoms with van der Waals surface area (Å²) >= 11 is 0. The van der Waals surface area contributed by atoms with Crippen LogP contribution in [0.25, 0.3) is 22.4 Å². The maximum absolute atomic E-state index is 5.72. The first-order valence-corrected chi connectivity index (χ1v) is 6.94. The molecule has 3 rings (SSSR count). The maximum Gasteiger partial charge on any atom is 0.144 e. The third-order valence-electron chi connectivity index (χ3n) is 3.78. The summed E-state index contributed by atoms with van der Waals surface area (Å²) in [5.74, 6) is 1.73. The SMILES string of the molecule is COc1ccc(C)cc1-c1nc2ccc(CN)cc2n1C. The molecule has 0 aliphatic heterocycles. The molecule has 0 atom stereocenters. The minimum Gasteiger partial charge on any atom is -0.496 e. The highest BCUT2D eigenvalue weighted by Crippen LogP contribution is 2.32. The molecule has 3 aromatic rings. The Bertz CT molecular complexity index is 805. The van der Waals surface area contributed by atoms with Gasteiger partial charge in [0.1, 0.15) is 11.6 Å². The molecule has 0 fully saturated rings. The van der Waals surface area contributed by atoms with Gasteiger partial charge in [-0.15, -0.1) is 0 Å². The Morgan fingerprint density at radius 2 is 2.00 bits per heavy atom. The molecular weight excluding hydrogens is 262 g/mol. The van der Waals surface area contributed by atoms with E-state index < -0.39 is 0 Å². The largest absolute Gasteiger partial charge is 0.496 e. The number of ether oxygens (including phenoxy) is 1. The highest BCUT2D eigenvalue weighted by atomic mass is 16.5. The van der Waals surface area contributed by atoms with Gasteiger partial charge in [-0.1, -0.05) is 17.7 Å². The van der Waals surface area contributed by atoms with E-state index in [0.717, 1.165) is 33.7 Å². The fourth-order valence-electron chi connectivity index (χ4n) is 2.60. The normalized spacial score (nSPS) is 11.0. The zero-order valence-corrected chi connectivity index (χ0v) is 12.6. The topological polar surface area (TPSA) is 53.1 Å². The molecule has 108 valence electrons. The molecule has 0 saturated carbocycles. The standard InChI is InChI=1S/C17H19N3O/c1-11-4-7-16(21-3)13(8-11)17-19-14-6-5-12(10-18)9-15(14)20(17)2/h4-9H,10,18H2,1-3H3. The molecule has 2 N–H and O–H groups in total. The predicted octanol–water partition coefficient (Wildman–Crippen LogP) is 3.02. The number of hydrogen-bond donors (Lipinski definition) is 1. The lowest BCUT2D eigenvalue weighted by Crippen LogP contribution is -1.98. The second kappa shape index (κ2) is 5.22. The second-order valence-corrected chi connectivity index (χ2v) is 5.23. The molecule has 21 heavy (non-hydrogen) atoms. The molecule has 0 unspecified atom stereocenters. The number of nitrogens with two attached hydrogens (primary N) is 1. The highest BCUT2D eigenvalue weighted by Gasteiger charge is 2.14. The summed E-state index contributed by atoms with van der Waals surface area (Å²) in [7, 11) is 3.70. The number of aryl methyl sites for hydroxylation is 2. The molecule has 0 spiro atoms. The summed E-state index contributed by atoms with van der Waals surface area (Å²) in [4.78, 5) is 4.75. The molecule has 0 aliphatic rings. The van der Waals surface area contributed by atoms with Crippen LogP contribution in [-0.4, -0.2) is 16.7 Å². The van der Waals surface area contributed by atoms with Crippen LogP contribution in [0.2, 0.25) is 0 Å². The zero-order valence-electron chi connectivity index (χ0n) is 12.6. The molecule has 0 bridgehead atoms. The summed E-state index contributed by atoms with van der Waals surface area (Å²) in [6.45, 7) is 2.60. The van der Waals surface area contributed by atoms with Crippen molar-refractivity contribution in [1.82, 2.24) is 9.55 Å². The fraction of sp³-hybridized carbons (Fsp3) is 0.235. The van der Waals surface area contributed by atoms with Crippen LogP contribution in [0.15, 0.2) is 36.4 Å². The van der Waals surface area contributed by atoms with Gasteiger partial charge in [-0.3, -0.25) is 0 Å². The second-order valence-electron chi connectivity index (χ2n) is 5.23. The molecule has 0 saturated heterocycles. The monoisotopic (exact) mass is 281 g/mol. The minimum atomic E-state index is 0.532. The van der Waals surface area contributed by atoms with Gasteiger partial charge in [0.05, 0.1) is 23.7 Å². The Balaban J connectivity index is 2.26. The summed E-state index contributed by atoms with van der Waals surface area (Å²) < 4.78 is 7.57. The number of benzene rings is 2. The van der Waals surface area contributed by atoms with E-state index in [1.807, 2.05) is 31.3 Å². The van der Waals surface area contributed by atoms with Crippen molar-refractivity contribution in [3.8, 4) is 17.1 Å². The molecular formula is C17H19N3O. The van der Waals surface area contributed by atoms with E-state index in [0.29, 0.717) is 6.54 Å². The fourth-order valence-corrected chi connectivity index (χ4v) is 2.60. The van der Waals surface area contributed by atoms with Gasteiger partial charge < -0.3 is 15.0 Å². The van der Waals surface area contributed by atoms with Crippen LogP contribution in [0.3, 0.4) is 0 Å².